The Morgan fingerprint density at radius 1 is 1.00 bits per heavy atom. The minimum atomic E-state index is -0.154. The average molecular weight is 403 g/mol. The summed E-state index contributed by atoms with van der Waals surface area (Å²) in [5.74, 6) is 1.34. The van der Waals surface area contributed by atoms with E-state index < -0.39 is 0 Å². The second-order valence-corrected chi connectivity index (χ2v) is 7.06. The summed E-state index contributed by atoms with van der Waals surface area (Å²) in [6.07, 6.45) is 5.64. The first kappa shape index (κ1) is 19.0. The van der Waals surface area contributed by atoms with Gasteiger partial charge in [0.15, 0.2) is 5.76 Å². The number of carbonyl (C=O) groups excluding carboxylic acids is 1. The van der Waals surface area contributed by atoms with Crippen LogP contribution < -0.4 is 9.47 Å². The summed E-state index contributed by atoms with van der Waals surface area (Å²) in [6.45, 7) is 2.31. The molecule has 3 aromatic rings. The molecule has 29 heavy (non-hydrogen) atoms. The van der Waals surface area contributed by atoms with E-state index in [2.05, 4.69) is 0 Å². The molecule has 3 aromatic carbocycles. The van der Waals surface area contributed by atoms with E-state index in [0.717, 1.165) is 16.7 Å². The highest BCUT2D eigenvalue weighted by atomic mass is 35.5. The fourth-order valence-corrected chi connectivity index (χ4v) is 3.33. The number of allylic oxidation sites excluding steroid dienone is 1. The first-order chi connectivity index (χ1) is 14.1. The van der Waals surface area contributed by atoms with E-state index in [9.17, 15) is 4.79 Å². The molecule has 0 saturated heterocycles. The summed E-state index contributed by atoms with van der Waals surface area (Å²) in [4.78, 5) is 12.7. The monoisotopic (exact) mass is 402 g/mol. The van der Waals surface area contributed by atoms with E-state index >= 15 is 0 Å². The lowest BCUT2D eigenvalue weighted by atomic mass is 10.1. The fourth-order valence-electron chi connectivity index (χ4n) is 3.14. The molecule has 0 unspecified atom stereocenters. The molecule has 0 atom stereocenters. The summed E-state index contributed by atoms with van der Waals surface area (Å²) in [6, 6.07) is 20.9. The third-order valence-corrected chi connectivity index (χ3v) is 5.02. The van der Waals surface area contributed by atoms with E-state index in [-0.39, 0.29) is 11.5 Å². The average Bonchev–Trinajstić information content (AvgIpc) is 3.06. The van der Waals surface area contributed by atoms with Crippen LogP contribution in [0.15, 0.2) is 78.6 Å². The number of rotatable bonds is 5. The van der Waals surface area contributed by atoms with Crippen molar-refractivity contribution in [2.24, 2.45) is 0 Å². The van der Waals surface area contributed by atoms with Gasteiger partial charge in [-0.15, -0.1) is 0 Å². The van der Waals surface area contributed by atoms with Crippen LogP contribution in [0.3, 0.4) is 0 Å². The first-order valence-corrected chi connectivity index (χ1v) is 9.68. The van der Waals surface area contributed by atoms with Crippen molar-refractivity contribution in [2.45, 2.75) is 6.92 Å². The summed E-state index contributed by atoms with van der Waals surface area (Å²) >= 11 is 6.20. The van der Waals surface area contributed by atoms with Gasteiger partial charge in [0.05, 0.1) is 5.56 Å². The van der Waals surface area contributed by atoms with E-state index in [4.69, 9.17) is 21.1 Å². The Bertz CT molecular complexity index is 1110. The topological polar surface area (TPSA) is 35.5 Å². The molecule has 3 nitrogen and oxygen atoms in total. The maximum atomic E-state index is 12.7. The molecule has 0 aromatic heterocycles. The van der Waals surface area contributed by atoms with Gasteiger partial charge in [0.2, 0.25) is 5.78 Å². The van der Waals surface area contributed by atoms with E-state index in [1.54, 1.807) is 18.2 Å². The van der Waals surface area contributed by atoms with Gasteiger partial charge in [-0.3, -0.25) is 4.79 Å². The molecule has 1 aliphatic rings. The number of hydrogen-bond acceptors (Lipinski definition) is 3. The molecule has 0 bridgehead atoms. The Morgan fingerprint density at radius 2 is 1.76 bits per heavy atom. The zero-order chi connectivity index (χ0) is 20.2. The molecular formula is C25H19ClO3. The van der Waals surface area contributed by atoms with Crippen molar-refractivity contribution in [3.8, 4) is 11.5 Å². The number of halogens is 1. The van der Waals surface area contributed by atoms with Crippen LogP contribution in [0.1, 0.15) is 27.0 Å². The van der Waals surface area contributed by atoms with Crippen LogP contribution in [0, 0.1) is 6.92 Å². The van der Waals surface area contributed by atoms with E-state index in [1.807, 2.05) is 73.7 Å². The first-order valence-electron chi connectivity index (χ1n) is 9.30. The number of fused-ring (bicyclic) bond motifs is 1. The van der Waals surface area contributed by atoms with Crippen LogP contribution in [0.2, 0.25) is 5.02 Å². The van der Waals surface area contributed by atoms with Crippen LogP contribution in [-0.2, 0) is 0 Å². The predicted octanol–water partition coefficient (Wildman–Crippen LogP) is 6.36. The van der Waals surface area contributed by atoms with Gasteiger partial charge < -0.3 is 9.47 Å². The lowest BCUT2D eigenvalue weighted by Gasteiger charge is -2.10. The highest BCUT2D eigenvalue weighted by Crippen LogP contribution is 2.39. The highest BCUT2D eigenvalue weighted by molar-refractivity contribution is 6.32. The fraction of sp³-hybridized carbons (Fsp3) is 0.0800. The number of hydrogen-bond donors (Lipinski definition) is 0. The van der Waals surface area contributed by atoms with Crippen LogP contribution in [0.4, 0.5) is 0 Å². The molecule has 4 rings (SSSR count). The van der Waals surface area contributed by atoms with Crippen molar-refractivity contribution in [1.29, 1.82) is 0 Å². The third-order valence-electron chi connectivity index (χ3n) is 4.67. The van der Waals surface area contributed by atoms with Crippen molar-refractivity contribution in [3.05, 3.63) is 106 Å². The molecule has 0 N–H and O–H groups in total. The van der Waals surface area contributed by atoms with Crippen molar-refractivity contribution in [3.63, 3.8) is 0 Å². The Hall–Kier alpha value is -3.30. The number of ether oxygens (including phenoxy) is 2. The second-order valence-electron chi connectivity index (χ2n) is 6.65. The zero-order valence-corrected chi connectivity index (χ0v) is 16.6. The minimum Gasteiger partial charge on any atom is -0.489 e. The Morgan fingerprint density at radius 3 is 2.55 bits per heavy atom. The summed E-state index contributed by atoms with van der Waals surface area (Å²) < 4.78 is 11.8. The van der Waals surface area contributed by atoms with Crippen LogP contribution in [0.5, 0.6) is 11.5 Å². The molecule has 0 fully saturated rings. The molecule has 4 heteroatoms. The van der Waals surface area contributed by atoms with Gasteiger partial charge in [0, 0.05) is 10.6 Å². The van der Waals surface area contributed by atoms with Gasteiger partial charge in [-0.2, -0.15) is 0 Å². The smallest absolute Gasteiger partial charge is 0.231 e. The lowest BCUT2D eigenvalue weighted by Crippen LogP contribution is -1.98. The molecular weight excluding hydrogens is 384 g/mol. The maximum Gasteiger partial charge on any atom is 0.231 e. The number of carbonyl (C=O) groups is 1. The van der Waals surface area contributed by atoms with Crippen molar-refractivity contribution < 1.29 is 14.3 Å². The van der Waals surface area contributed by atoms with Gasteiger partial charge in [0.25, 0.3) is 0 Å². The predicted molar refractivity (Wildman–Crippen MR) is 117 cm³/mol. The molecule has 144 valence electrons. The highest BCUT2D eigenvalue weighted by Gasteiger charge is 2.30. The largest absolute Gasteiger partial charge is 0.489 e. The van der Waals surface area contributed by atoms with Crippen LogP contribution >= 0.6 is 11.6 Å². The Labute approximate surface area is 174 Å². The standard InChI is InChI=1S/C25H19ClO3/c1-17-22(28-15-7-10-18-8-3-2-4-9-18)14-13-20-24(27)23(29-25(17)20)16-19-11-5-6-12-21(19)26/h2-14,16H,15H2,1H3/b10-7+,23-16-. The maximum absolute atomic E-state index is 12.7. The van der Waals surface area contributed by atoms with Gasteiger partial charge in [-0.1, -0.05) is 66.2 Å². The number of benzene rings is 3. The van der Waals surface area contributed by atoms with Gasteiger partial charge in [-0.05, 0) is 48.4 Å². The summed E-state index contributed by atoms with van der Waals surface area (Å²) in [5, 5.41) is 0.568. The third kappa shape index (κ3) is 4.10. The second kappa shape index (κ2) is 8.38. The quantitative estimate of drug-likeness (QED) is 0.466. The molecule has 0 aliphatic carbocycles. The van der Waals surface area contributed by atoms with Gasteiger partial charge in [-0.25, -0.2) is 0 Å². The van der Waals surface area contributed by atoms with Gasteiger partial charge in [0.1, 0.15) is 18.1 Å². The lowest BCUT2D eigenvalue weighted by molar-refractivity contribution is 0.101. The van der Waals surface area contributed by atoms with E-state index in [1.165, 1.54) is 0 Å². The minimum absolute atomic E-state index is 0.154. The Kier molecular flexibility index (Phi) is 5.50. The van der Waals surface area contributed by atoms with Crippen LogP contribution in [-0.4, -0.2) is 12.4 Å². The number of Topliss-reactive ketones (excluding diaryl/α,β-unsaturated/α-hetero) is 1. The molecule has 0 saturated carbocycles. The van der Waals surface area contributed by atoms with E-state index in [0.29, 0.717) is 28.7 Å². The van der Waals surface area contributed by atoms with Crippen LogP contribution in [0.25, 0.3) is 12.2 Å². The zero-order valence-electron chi connectivity index (χ0n) is 15.9. The summed E-state index contributed by atoms with van der Waals surface area (Å²) in [5.41, 5.74) is 3.19. The normalized spacial score (nSPS) is 14.3. The van der Waals surface area contributed by atoms with Crippen molar-refractivity contribution in [1.82, 2.24) is 0 Å². The van der Waals surface area contributed by atoms with Gasteiger partial charge >= 0.3 is 0 Å². The van der Waals surface area contributed by atoms with Crippen molar-refractivity contribution >= 4 is 29.5 Å². The molecule has 1 aliphatic heterocycles. The molecule has 0 amide bonds. The Balaban J connectivity index is 1.51. The number of ketones is 1. The summed E-state index contributed by atoms with van der Waals surface area (Å²) in [7, 11) is 0. The van der Waals surface area contributed by atoms with Crippen molar-refractivity contribution in [2.75, 3.05) is 6.61 Å². The molecule has 1 heterocycles. The molecule has 0 radical (unpaired) electrons. The SMILES string of the molecule is Cc1c(OC/C=C/c2ccccc2)ccc2c1O/C(=C\c1ccccc1Cl)C2=O. The molecule has 0 spiro atoms.